The van der Waals surface area contributed by atoms with Crippen LogP contribution in [0.4, 0.5) is 4.79 Å². The van der Waals surface area contributed by atoms with Crippen LogP contribution in [0.25, 0.3) is 0 Å². The molecule has 116 valence electrons. The third-order valence-electron chi connectivity index (χ3n) is 4.60. The van der Waals surface area contributed by atoms with Crippen molar-refractivity contribution in [1.82, 2.24) is 10.2 Å². The highest BCUT2D eigenvalue weighted by Crippen LogP contribution is 2.35. The fraction of sp³-hybridized carbons (Fsp3) is 0.867. The number of rotatable bonds is 6. The van der Waals surface area contributed by atoms with Crippen molar-refractivity contribution in [2.24, 2.45) is 5.41 Å². The third kappa shape index (κ3) is 3.87. The molecule has 1 heterocycles. The molecule has 1 aliphatic heterocycles. The minimum absolute atomic E-state index is 0.0413. The smallest absolute Gasteiger partial charge is 0.317 e. The molecule has 5 nitrogen and oxygen atoms in total. The second kappa shape index (κ2) is 7.50. The molecule has 1 rings (SSSR count). The van der Waals surface area contributed by atoms with E-state index in [1.807, 2.05) is 6.92 Å². The summed E-state index contributed by atoms with van der Waals surface area (Å²) >= 11 is 0. The normalized spacial score (nSPS) is 19.4. The molecule has 0 spiro atoms. The molecule has 0 aromatic rings. The fourth-order valence-electron chi connectivity index (χ4n) is 2.85. The molecule has 1 aliphatic rings. The van der Waals surface area contributed by atoms with Crippen molar-refractivity contribution in [1.29, 1.82) is 0 Å². The molecule has 2 N–H and O–H groups in total. The summed E-state index contributed by atoms with van der Waals surface area (Å²) < 4.78 is 0. The lowest BCUT2D eigenvalue weighted by atomic mass is 9.76. The van der Waals surface area contributed by atoms with Crippen LogP contribution >= 0.6 is 0 Å². The van der Waals surface area contributed by atoms with E-state index in [1.165, 1.54) is 0 Å². The summed E-state index contributed by atoms with van der Waals surface area (Å²) in [6.07, 6.45) is 4.71. The molecule has 0 saturated carbocycles. The first kappa shape index (κ1) is 16.8. The predicted octanol–water partition coefficient (Wildman–Crippen LogP) is 2.85. The molecule has 1 fully saturated rings. The van der Waals surface area contributed by atoms with Crippen LogP contribution in [-0.4, -0.2) is 41.1 Å². The number of carboxylic acid groups (broad SMARTS) is 1. The van der Waals surface area contributed by atoms with E-state index in [0.29, 0.717) is 32.4 Å². The quantitative estimate of drug-likeness (QED) is 0.788. The maximum Gasteiger partial charge on any atom is 0.317 e. The van der Waals surface area contributed by atoms with Gasteiger partial charge >= 0.3 is 12.0 Å². The Bertz CT molecular complexity index is 336. The molecule has 5 heteroatoms. The second-order valence-electron chi connectivity index (χ2n) is 5.77. The highest BCUT2D eigenvalue weighted by atomic mass is 16.4. The maximum absolute atomic E-state index is 12.2. The summed E-state index contributed by atoms with van der Waals surface area (Å²) in [5.41, 5.74) is -0.635. The number of amides is 2. The van der Waals surface area contributed by atoms with Crippen LogP contribution in [-0.2, 0) is 4.79 Å². The standard InChI is InChI=1S/C15H28N2O3/c1-4-7-12(5-2)16-14(20)17-10-8-15(6-3,9-11-17)13(18)19/h12H,4-11H2,1-3H3,(H,16,20)(H,18,19). The fourth-order valence-corrected chi connectivity index (χ4v) is 2.85. The molecule has 0 aromatic carbocycles. The molecule has 20 heavy (non-hydrogen) atoms. The molecule has 0 aromatic heterocycles. The number of carboxylic acids is 1. The molecule has 1 saturated heterocycles. The van der Waals surface area contributed by atoms with Crippen molar-refractivity contribution in [3.05, 3.63) is 0 Å². The average Bonchev–Trinajstić information content (AvgIpc) is 2.46. The van der Waals surface area contributed by atoms with E-state index in [1.54, 1.807) is 4.90 Å². The van der Waals surface area contributed by atoms with Gasteiger partial charge in [0.2, 0.25) is 0 Å². The zero-order valence-corrected chi connectivity index (χ0v) is 12.9. The molecule has 0 aliphatic carbocycles. The van der Waals surface area contributed by atoms with Gasteiger partial charge in [-0.3, -0.25) is 4.79 Å². The van der Waals surface area contributed by atoms with Crippen molar-refractivity contribution in [2.45, 2.75) is 65.3 Å². The van der Waals surface area contributed by atoms with Crippen LogP contribution in [0.3, 0.4) is 0 Å². The lowest BCUT2D eigenvalue weighted by molar-refractivity contribution is -0.151. The van der Waals surface area contributed by atoms with E-state index in [2.05, 4.69) is 19.2 Å². The maximum atomic E-state index is 12.2. The number of piperidine rings is 1. The van der Waals surface area contributed by atoms with Gasteiger partial charge in [-0.05, 0) is 32.1 Å². The molecular formula is C15H28N2O3. The lowest BCUT2D eigenvalue weighted by Gasteiger charge is -2.38. The first-order chi connectivity index (χ1) is 9.49. The number of carbonyl (C=O) groups is 2. The summed E-state index contributed by atoms with van der Waals surface area (Å²) in [7, 11) is 0. The van der Waals surface area contributed by atoms with Crippen molar-refractivity contribution in [3.63, 3.8) is 0 Å². The van der Waals surface area contributed by atoms with Gasteiger partial charge in [0, 0.05) is 19.1 Å². The Morgan fingerprint density at radius 1 is 1.25 bits per heavy atom. The summed E-state index contributed by atoms with van der Waals surface area (Å²) in [5, 5.41) is 12.4. The van der Waals surface area contributed by atoms with E-state index in [9.17, 15) is 14.7 Å². The van der Waals surface area contributed by atoms with Crippen molar-refractivity contribution >= 4 is 12.0 Å². The molecule has 0 bridgehead atoms. The topological polar surface area (TPSA) is 69.6 Å². The number of hydrogen-bond acceptors (Lipinski definition) is 2. The zero-order chi connectivity index (χ0) is 15.2. The van der Waals surface area contributed by atoms with Crippen molar-refractivity contribution < 1.29 is 14.7 Å². The lowest BCUT2D eigenvalue weighted by Crippen LogP contribution is -2.51. The van der Waals surface area contributed by atoms with Crippen LogP contribution in [0.5, 0.6) is 0 Å². The molecule has 2 amide bonds. The molecule has 1 unspecified atom stereocenters. The first-order valence-corrected chi connectivity index (χ1v) is 7.78. The highest BCUT2D eigenvalue weighted by molar-refractivity contribution is 5.77. The van der Waals surface area contributed by atoms with E-state index in [4.69, 9.17) is 0 Å². The predicted molar refractivity (Wildman–Crippen MR) is 78.7 cm³/mol. The second-order valence-corrected chi connectivity index (χ2v) is 5.77. The van der Waals surface area contributed by atoms with Gasteiger partial charge in [-0.25, -0.2) is 4.79 Å². The van der Waals surface area contributed by atoms with Crippen molar-refractivity contribution in [2.75, 3.05) is 13.1 Å². The molecule has 1 atom stereocenters. The SMILES string of the molecule is CCCC(CC)NC(=O)N1CCC(CC)(C(=O)O)CC1. The Morgan fingerprint density at radius 2 is 1.85 bits per heavy atom. The summed E-state index contributed by atoms with van der Waals surface area (Å²) in [6, 6.07) is 0.185. The van der Waals surface area contributed by atoms with Gasteiger partial charge in [-0.2, -0.15) is 0 Å². The van der Waals surface area contributed by atoms with Crippen molar-refractivity contribution in [3.8, 4) is 0 Å². The number of urea groups is 1. The van der Waals surface area contributed by atoms with Crippen LogP contribution in [0.1, 0.15) is 59.3 Å². The highest BCUT2D eigenvalue weighted by Gasteiger charge is 2.40. The van der Waals surface area contributed by atoms with Gasteiger partial charge in [0.15, 0.2) is 0 Å². The Labute approximate surface area is 121 Å². The van der Waals surface area contributed by atoms with Crippen LogP contribution in [0.15, 0.2) is 0 Å². The number of nitrogens with one attached hydrogen (secondary N) is 1. The number of hydrogen-bond donors (Lipinski definition) is 2. The van der Waals surface area contributed by atoms with E-state index in [-0.39, 0.29) is 12.1 Å². The number of aliphatic carboxylic acids is 1. The summed E-state index contributed by atoms with van der Waals surface area (Å²) in [4.78, 5) is 25.3. The number of carbonyl (C=O) groups excluding carboxylic acids is 1. The molecular weight excluding hydrogens is 256 g/mol. The van der Waals surface area contributed by atoms with Gasteiger partial charge in [0.05, 0.1) is 5.41 Å². The largest absolute Gasteiger partial charge is 0.481 e. The summed E-state index contributed by atoms with van der Waals surface area (Å²) in [5.74, 6) is -0.725. The van der Waals surface area contributed by atoms with Gasteiger partial charge < -0.3 is 15.3 Å². The van der Waals surface area contributed by atoms with Gasteiger partial charge in [-0.1, -0.05) is 27.2 Å². The van der Waals surface area contributed by atoms with Gasteiger partial charge in [0.25, 0.3) is 0 Å². The monoisotopic (exact) mass is 284 g/mol. The zero-order valence-electron chi connectivity index (χ0n) is 12.9. The van der Waals surface area contributed by atoms with E-state index in [0.717, 1.165) is 19.3 Å². The van der Waals surface area contributed by atoms with Gasteiger partial charge in [0.1, 0.15) is 0 Å². The number of likely N-dealkylation sites (tertiary alicyclic amines) is 1. The van der Waals surface area contributed by atoms with E-state index < -0.39 is 11.4 Å². The Hall–Kier alpha value is -1.26. The van der Waals surface area contributed by atoms with Crippen LogP contribution in [0, 0.1) is 5.41 Å². The Kier molecular flexibility index (Phi) is 6.30. The molecule has 0 radical (unpaired) electrons. The first-order valence-electron chi connectivity index (χ1n) is 7.78. The summed E-state index contributed by atoms with van der Waals surface area (Å²) in [6.45, 7) is 7.17. The minimum atomic E-state index is -0.725. The Morgan fingerprint density at radius 3 is 2.25 bits per heavy atom. The Balaban J connectivity index is 2.52. The number of nitrogens with zero attached hydrogens (tertiary/aromatic N) is 1. The van der Waals surface area contributed by atoms with Crippen LogP contribution in [0.2, 0.25) is 0 Å². The van der Waals surface area contributed by atoms with Gasteiger partial charge in [-0.15, -0.1) is 0 Å². The third-order valence-corrected chi connectivity index (χ3v) is 4.60. The minimum Gasteiger partial charge on any atom is -0.481 e. The average molecular weight is 284 g/mol. The van der Waals surface area contributed by atoms with Crippen LogP contribution < -0.4 is 5.32 Å². The van der Waals surface area contributed by atoms with E-state index >= 15 is 0 Å².